The Morgan fingerprint density at radius 3 is 2.24 bits per heavy atom. The van der Waals surface area contributed by atoms with Crippen molar-refractivity contribution in [3.63, 3.8) is 0 Å². The van der Waals surface area contributed by atoms with E-state index < -0.39 is 6.04 Å². The van der Waals surface area contributed by atoms with Crippen LogP contribution >= 0.6 is 15.9 Å². The fourth-order valence-electron chi connectivity index (χ4n) is 1.92. The number of rotatable bonds is 5. The normalized spacial score (nSPS) is 11.3. The van der Waals surface area contributed by atoms with E-state index in [4.69, 9.17) is 9.47 Å². The Labute approximate surface area is 132 Å². The van der Waals surface area contributed by atoms with Crippen molar-refractivity contribution >= 4 is 21.6 Å². The summed E-state index contributed by atoms with van der Waals surface area (Å²) < 4.78 is 11.4. The summed E-state index contributed by atoms with van der Waals surface area (Å²) in [7, 11) is 3.17. The fraction of sp³-hybridized carbons (Fsp3) is 0.188. The number of methoxy groups -OCH3 is 2. The number of halogens is 1. The van der Waals surface area contributed by atoms with Gasteiger partial charge in [0.15, 0.2) is 0 Å². The zero-order valence-corrected chi connectivity index (χ0v) is 13.3. The Bertz CT molecular complexity index is 645. The van der Waals surface area contributed by atoms with Gasteiger partial charge in [0.05, 0.1) is 20.3 Å². The largest absolute Gasteiger partial charge is 0.497 e. The minimum atomic E-state index is -0.507. The second kappa shape index (κ2) is 7.00. The summed E-state index contributed by atoms with van der Waals surface area (Å²) in [6, 6.07) is 14.8. The minimum absolute atomic E-state index is 0.507. The van der Waals surface area contributed by atoms with E-state index in [-0.39, 0.29) is 0 Å². The fourth-order valence-corrected chi connectivity index (χ4v) is 2.32. The third kappa shape index (κ3) is 3.67. The standard InChI is InChI=1S/C16H15BrN2O2/c1-20-12-7-11(8-13(9-12)21-2)16(10-18)19-15-6-4-3-5-14(15)17/h3-9,16,19H,1-2H3. The van der Waals surface area contributed by atoms with Crippen LogP contribution in [0.2, 0.25) is 0 Å². The minimum Gasteiger partial charge on any atom is -0.497 e. The van der Waals surface area contributed by atoms with Gasteiger partial charge in [0.2, 0.25) is 0 Å². The zero-order chi connectivity index (χ0) is 15.2. The van der Waals surface area contributed by atoms with Gasteiger partial charge < -0.3 is 14.8 Å². The lowest BCUT2D eigenvalue weighted by Crippen LogP contribution is -2.09. The van der Waals surface area contributed by atoms with Crippen LogP contribution in [0, 0.1) is 11.3 Å². The molecule has 5 heteroatoms. The van der Waals surface area contributed by atoms with Gasteiger partial charge in [-0.25, -0.2) is 0 Å². The number of anilines is 1. The number of para-hydroxylation sites is 1. The zero-order valence-electron chi connectivity index (χ0n) is 11.8. The van der Waals surface area contributed by atoms with Crippen LogP contribution in [0.3, 0.4) is 0 Å². The van der Waals surface area contributed by atoms with Gasteiger partial charge in [0.1, 0.15) is 17.5 Å². The van der Waals surface area contributed by atoms with E-state index in [1.54, 1.807) is 20.3 Å². The first kappa shape index (κ1) is 15.2. The molecular weight excluding hydrogens is 332 g/mol. The molecule has 0 amide bonds. The number of nitrogens with one attached hydrogen (secondary N) is 1. The number of hydrogen-bond acceptors (Lipinski definition) is 4. The summed E-state index contributed by atoms with van der Waals surface area (Å²) in [6.07, 6.45) is 0. The molecule has 21 heavy (non-hydrogen) atoms. The van der Waals surface area contributed by atoms with Crippen LogP contribution in [0.25, 0.3) is 0 Å². The Morgan fingerprint density at radius 1 is 1.10 bits per heavy atom. The van der Waals surface area contributed by atoms with Gasteiger partial charge in [-0.2, -0.15) is 5.26 Å². The van der Waals surface area contributed by atoms with E-state index in [0.29, 0.717) is 11.5 Å². The van der Waals surface area contributed by atoms with E-state index in [0.717, 1.165) is 15.7 Å². The first-order chi connectivity index (χ1) is 10.2. The van der Waals surface area contributed by atoms with Gasteiger partial charge in [0, 0.05) is 16.2 Å². The molecule has 108 valence electrons. The van der Waals surface area contributed by atoms with E-state index in [2.05, 4.69) is 27.3 Å². The Kier molecular flexibility index (Phi) is 5.07. The molecule has 0 bridgehead atoms. The Balaban J connectivity index is 2.34. The van der Waals surface area contributed by atoms with Crippen LogP contribution in [0.1, 0.15) is 11.6 Å². The summed E-state index contributed by atoms with van der Waals surface area (Å²) in [4.78, 5) is 0. The molecule has 1 atom stereocenters. The van der Waals surface area contributed by atoms with Crippen molar-refractivity contribution in [2.24, 2.45) is 0 Å². The molecule has 2 aromatic rings. The SMILES string of the molecule is COc1cc(OC)cc(C(C#N)Nc2ccccc2Br)c1. The molecule has 1 unspecified atom stereocenters. The molecule has 0 spiro atoms. The van der Waals surface area contributed by atoms with Crippen LogP contribution in [0.15, 0.2) is 46.9 Å². The van der Waals surface area contributed by atoms with Crippen LogP contribution in [0.5, 0.6) is 11.5 Å². The average Bonchev–Trinajstić information content (AvgIpc) is 2.53. The number of nitrogens with zero attached hydrogens (tertiary/aromatic N) is 1. The van der Waals surface area contributed by atoms with Gasteiger partial charge >= 0.3 is 0 Å². The second-order valence-corrected chi connectivity index (χ2v) is 5.19. The lowest BCUT2D eigenvalue weighted by Gasteiger charge is -2.16. The molecule has 0 saturated heterocycles. The quantitative estimate of drug-likeness (QED) is 0.883. The molecule has 0 aromatic heterocycles. The van der Waals surface area contributed by atoms with Gasteiger partial charge in [0.25, 0.3) is 0 Å². The molecule has 0 radical (unpaired) electrons. The molecule has 4 nitrogen and oxygen atoms in total. The first-order valence-corrected chi connectivity index (χ1v) is 7.11. The molecule has 0 aliphatic rings. The second-order valence-electron chi connectivity index (χ2n) is 4.33. The molecule has 0 heterocycles. The van der Waals surface area contributed by atoms with Crippen molar-refractivity contribution in [2.45, 2.75) is 6.04 Å². The molecule has 0 aliphatic heterocycles. The van der Waals surface area contributed by atoms with Crippen LogP contribution in [0.4, 0.5) is 5.69 Å². The summed E-state index contributed by atoms with van der Waals surface area (Å²) >= 11 is 3.46. The van der Waals surface area contributed by atoms with Crippen molar-refractivity contribution < 1.29 is 9.47 Å². The van der Waals surface area contributed by atoms with Crippen molar-refractivity contribution in [3.8, 4) is 17.6 Å². The Morgan fingerprint density at radius 2 is 1.71 bits per heavy atom. The highest BCUT2D eigenvalue weighted by molar-refractivity contribution is 9.10. The predicted octanol–water partition coefficient (Wildman–Crippen LogP) is 4.14. The molecule has 0 saturated carbocycles. The maximum absolute atomic E-state index is 9.45. The summed E-state index contributed by atoms with van der Waals surface area (Å²) in [5.74, 6) is 1.30. The summed E-state index contributed by atoms with van der Waals surface area (Å²) in [6.45, 7) is 0. The molecular formula is C16H15BrN2O2. The first-order valence-electron chi connectivity index (χ1n) is 6.31. The van der Waals surface area contributed by atoms with E-state index in [9.17, 15) is 5.26 Å². The highest BCUT2D eigenvalue weighted by atomic mass is 79.9. The number of ether oxygens (including phenoxy) is 2. The monoisotopic (exact) mass is 346 g/mol. The summed E-state index contributed by atoms with van der Waals surface area (Å²) in [5, 5.41) is 12.6. The maximum Gasteiger partial charge on any atom is 0.140 e. The van der Waals surface area contributed by atoms with E-state index in [1.165, 1.54) is 0 Å². The van der Waals surface area contributed by atoms with E-state index >= 15 is 0 Å². The van der Waals surface area contributed by atoms with Crippen molar-refractivity contribution in [1.29, 1.82) is 5.26 Å². The van der Waals surface area contributed by atoms with Crippen molar-refractivity contribution in [2.75, 3.05) is 19.5 Å². The highest BCUT2D eigenvalue weighted by Crippen LogP contribution is 2.30. The molecule has 2 aromatic carbocycles. The predicted molar refractivity (Wildman–Crippen MR) is 85.7 cm³/mol. The number of nitriles is 1. The van der Waals surface area contributed by atoms with Crippen molar-refractivity contribution in [1.82, 2.24) is 0 Å². The Hall–Kier alpha value is -2.19. The van der Waals surface area contributed by atoms with Crippen LogP contribution in [-0.2, 0) is 0 Å². The summed E-state index contributed by atoms with van der Waals surface area (Å²) in [5.41, 5.74) is 1.63. The van der Waals surface area contributed by atoms with E-state index in [1.807, 2.05) is 36.4 Å². The lowest BCUT2D eigenvalue weighted by molar-refractivity contribution is 0.393. The highest BCUT2D eigenvalue weighted by Gasteiger charge is 2.14. The lowest BCUT2D eigenvalue weighted by atomic mass is 10.1. The van der Waals surface area contributed by atoms with Crippen molar-refractivity contribution in [3.05, 3.63) is 52.5 Å². The van der Waals surface area contributed by atoms with Gasteiger partial charge in [-0.15, -0.1) is 0 Å². The van der Waals surface area contributed by atoms with Gasteiger partial charge in [-0.05, 0) is 45.8 Å². The van der Waals surface area contributed by atoms with Gasteiger partial charge in [-0.3, -0.25) is 0 Å². The topological polar surface area (TPSA) is 54.3 Å². The average molecular weight is 347 g/mol. The van der Waals surface area contributed by atoms with Crippen LogP contribution in [-0.4, -0.2) is 14.2 Å². The number of hydrogen-bond donors (Lipinski definition) is 1. The molecule has 0 fully saturated rings. The number of benzene rings is 2. The molecule has 0 aliphatic carbocycles. The third-order valence-electron chi connectivity index (χ3n) is 3.01. The molecule has 1 N–H and O–H groups in total. The van der Waals surface area contributed by atoms with Crippen LogP contribution < -0.4 is 14.8 Å². The maximum atomic E-state index is 9.45. The van der Waals surface area contributed by atoms with Gasteiger partial charge in [-0.1, -0.05) is 12.1 Å². The molecule has 2 rings (SSSR count). The third-order valence-corrected chi connectivity index (χ3v) is 3.70. The smallest absolute Gasteiger partial charge is 0.140 e.